The van der Waals surface area contributed by atoms with Gasteiger partial charge in [-0.1, -0.05) is 35.3 Å². The fourth-order valence-corrected chi connectivity index (χ4v) is 20.0. The molecule has 4 unspecified atom stereocenters. The van der Waals surface area contributed by atoms with E-state index in [2.05, 4.69) is 21.3 Å². The van der Waals surface area contributed by atoms with Crippen molar-refractivity contribution in [3.63, 3.8) is 0 Å². The molecule has 7 aromatic carbocycles. The smallest absolute Gasteiger partial charge is 0.352 e. The molecular weight excluding hydrogens is 1740 g/mol. The van der Waals surface area contributed by atoms with Gasteiger partial charge in [-0.2, -0.15) is 0 Å². The zero-order valence-corrected chi connectivity index (χ0v) is 68.1. The Morgan fingerprint density at radius 2 is 1.01 bits per heavy atom. The van der Waals surface area contributed by atoms with Crippen molar-refractivity contribution in [3.8, 4) is 62.7 Å². The number of carboxylic acid groups (broad SMARTS) is 3. The molecule has 628 valence electrons. The van der Waals surface area contributed by atoms with Gasteiger partial charge in [0.1, 0.15) is 108 Å². The van der Waals surface area contributed by atoms with E-state index in [9.17, 15) is 103 Å². The van der Waals surface area contributed by atoms with Crippen molar-refractivity contribution >= 4 is 174 Å². The van der Waals surface area contributed by atoms with Crippen molar-refractivity contribution in [2.24, 2.45) is 0 Å². The Bertz CT molecular complexity index is 6800. The number of nitrogens with zero attached hydrogens (tertiary/aromatic N) is 2. The van der Waals surface area contributed by atoms with Gasteiger partial charge >= 0.3 is 47.1 Å². The largest absolute Gasteiger partial charge is 0.508 e. The summed E-state index contributed by atoms with van der Waals surface area (Å²) < 4.78 is 39.1. The average Bonchev–Trinajstić information content (AvgIpc) is 1.51. The number of hydrogen-bond acceptors (Lipinski definition) is 29. The molecule has 9 heterocycles. The second-order valence-electron chi connectivity index (χ2n) is 28.2. The van der Waals surface area contributed by atoms with Crippen LogP contribution in [0.4, 0.5) is 0 Å². The number of amides is 6. The molecule has 7 aliphatic heterocycles. The summed E-state index contributed by atoms with van der Waals surface area (Å²) in [5.41, 5.74) is -1.59. The first-order valence-electron chi connectivity index (χ1n) is 36.6. The molecule has 0 bridgehead atoms. The molecule has 6 amide bonds. The molecule has 2 saturated heterocycles. The summed E-state index contributed by atoms with van der Waals surface area (Å²) >= 11 is 16.7. The van der Waals surface area contributed by atoms with Crippen LogP contribution in [0.25, 0.3) is 55.4 Å². The van der Waals surface area contributed by atoms with Gasteiger partial charge in [0.25, 0.3) is 23.6 Å². The standard InChI is InChI=1S/C44H30ClN3O15S2.C40H26ClN3O13S2/c1-18(49)59-22-3-6-28-33(11-22)61-34-12-23(60-19(2)50)4-7-29(34)44(28)27-8-5-24(13-25(27)43(58)63-44)64-16-21-17-65-40-36(39(54)48(40)37(21)41(55)56)47-35(52)15-46-38(53)26-9-20-10-30(45)31(51)14-32(20)62-42(26)57;41-26-8-16-7-25(40(55)57-28(16)12-27(26)47)35(49)42-13-31(48)43-33-36(50)44-34(39(53)54)17(15-59-37(33)44)14-58-20-3-6-21(24(11-20)38(51)52)32-22-4-1-18(45)9-29(22)56-30-10-19(46)2-5-23(30)32/h3-14,36,40,51H,15-17H2,1-2H3,(H,46,53)(H,47,52)(H,55,56);1-12,33,37,45,47H,13-15H2,(H,42,49)(H,43,48)(H,51,52)(H,53,54). The number of ether oxygens (including phenoxy) is 4. The first-order chi connectivity index (χ1) is 59.2. The fourth-order valence-electron chi connectivity index (χ4n) is 14.8. The Morgan fingerprint density at radius 1 is 0.516 bits per heavy atom. The van der Waals surface area contributed by atoms with E-state index < -0.39 is 135 Å². The minimum Gasteiger partial charge on any atom is -0.508 e. The van der Waals surface area contributed by atoms with Gasteiger partial charge in [-0.25, -0.2) is 28.8 Å². The number of fused-ring (bicyclic) bond motifs is 12. The number of phenols is 3. The van der Waals surface area contributed by atoms with E-state index in [1.165, 1.54) is 122 Å². The number of carbonyl (C=O) groups is 12. The molecule has 1 aliphatic carbocycles. The molecule has 2 fully saturated rings. The number of esters is 3. The van der Waals surface area contributed by atoms with Gasteiger partial charge in [0.05, 0.1) is 34.3 Å². The van der Waals surface area contributed by atoms with Crippen molar-refractivity contribution in [2.45, 2.75) is 52.1 Å². The lowest BCUT2D eigenvalue weighted by atomic mass is 9.77. The number of carbonyl (C=O) groups excluding carboxylic acids is 9. The van der Waals surface area contributed by atoms with Crippen LogP contribution in [0.1, 0.15) is 72.0 Å². The summed E-state index contributed by atoms with van der Waals surface area (Å²) in [5, 5.41) is 69.4. The third-order valence-electron chi connectivity index (χ3n) is 20.3. The number of aromatic carboxylic acids is 1. The first kappa shape index (κ1) is 83.6. The molecular formula is C84H56Cl2N6O28S4. The topological polar surface area (TPSA) is 508 Å². The Hall–Kier alpha value is -14.1. The highest BCUT2D eigenvalue weighted by Gasteiger charge is 2.57. The van der Waals surface area contributed by atoms with Crippen LogP contribution in [0.5, 0.6) is 40.2 Å². The average molecular weight is 1800 g/mol. The Morgan fingerprint density at radius 3 is 1.51 bits per heavy atom. The fraction of sp³-hybridized carbons (Fsp3) is 0.155. The Labute approximate surface area is 720 Å². The van der Waals surface area contributed by atoms with Crippen molar-refractivity contribution in [1.82, 2.24) is 31.1 Å². The van der Waals surface area contributed by atoms with Gasteiger partial charge in [0.2, 0.25) is 11.8 Å². The predicted molar refractivity (Wildman–Crippen MR) is 444 cm³/mol. The number of benzene rings is 8. The maximum absolute atomic E-state index is 13.8. The van der Waals surface area contributed by atoms with Crippen molar-refractivity contribution in [1.29, 1.82) is 0 Å². The number of hydrogen-bond donors (Lipinski definition) is 10. The monoisotopic (exact) mass is 1790 g/mol. The minimum atomic E-state index is -1.53. The molecule has 40 heteroatoms. The Kier molecular flexibility index (Phi) is 22.3. The second-order valence-corrected chi connectivity index (χ2v) is 33.3. The number of rotatable bonds is 20. The maximum Gasteiger partial charge on any atom is 0.352 e. The third-order valence-corrected chi connectivity index (χ3v) is 25.7. The molecule has 17 rings (SSSR count). The second kappa shape index (κ2) is 33.1. The van der Waals surface area contributed by atoms with Gasteiger partial charge in [0, 0.05) is 127 Å². The highest BCUT2D eigenvalue weighted by atomic mass is 35.5. The quantitative estimate of drug-likeness (QED) is 0.00847. The maximum atomic E-state index is 13.8. The highest BCUT2D eigenvalue weighted by molar-refractivity contribution is 8.01. The van der Waals surface area contributed by atoms with Crippen LogP contribution >= 0.6 is 70.2 Å². The SMILES string of the molecule is CC(=O)Oc1ccc2c(c1)Oc1cc(OC(C)=O)ccc1C21OC(=O)c2cc(SCC3=C(C(=O)O)N4C(=O)C(NC(=O)CNC(=O)c5cc6cc(Cl)c(O)cc6oc5=O)C4SC3)ccc21.O=C(CNC(=O)c1cc2cc(Cl)c(O)cc2oc1=O)NC1C(=O)N2C(C(=O)O)=C(CSc3ccc(-c4c5ccc(=O)cc-5oc5cc(O)ccc45)c(C(=O)O)c3)CSC12. The van der Waals surface area contributed by atoms with Gasteiger partial charge < -0.3 is 84.1 Å². The number of aromatic hydroxyl groups is 3. The molecule has 8 aliphatic rings. The zero-order chi connectivity index (χ0) is 87.9. The molecule has 9 aromatic rings. The number of nitrogens with one attached hydrogen (secondary N) is 4. The normalized spacial score (nSPS) is 16.9. The van der Waals surface area contributed by atoms with Gasteiger partial charge in [-0.05, 0) is 114 Å². The summed E-state index contributed by atoms with van der Waals surface area (Å²) in [6, 6.07) is 32.6. The Balaban J connectivity index is 0.000000184. The van der Waals surface area contributed by atoms with Crippen molar-refractivity contribution in [2.75, 3.05) is 36.1 Å². The molecule has 4 atom stereocenters. The molecule has 124 heavy (non-hydrogen) atoms. The summed E-state index contributed by atoms with van der Waals surface area (Å²) in [6.45, 7) is 1.23. The summed E-state index contributed by atoms with van der Waals surface area (Å²) in [4.78, 5) is 193. The van der Waals surface area contributed by atoms with E-state index in [1.54, 1.807) is 60.7 Å². The molecule has 1 spiro atoms. The zero-order valence-electron chi connectivity index (χ0n) is 63.4. The summed E-state index contributed by atoms with van der Waals surface area (Å²) in [5.74, 6) is -9.84. The number of β-lactam (4-membered cyclic amide) rings is 2. The summed E-state index contributed by atoms with van der Waals surface area (Å²) in [7, 11) is 0. The number of thioether (sulfide) groups is 4. The van der Waals surface area contributed by atoms with Gasteiger partial charge in [-0.3, -0.25) is 53.0 Å². The van der Waals surface area contributed by atoms with E-state index in [0.717, 1.165) is 33.7 Å². The molecule has 0 radical (unpaired) electrons. The van der Waals surface area contributed by atoms with Crippen LogP contribution in [-0.2, 0) is 48.7 Å². The molecule has 34 nitrogen and oxygen atoms in total. The number of phenolic OH excluding ortho intramolecular Hbond substituents is 3. The van der Waals surface area contributed by atoms with Gasteiger partial charge in [0.15, 0.2) is 11.0 Å². The lowest BCUT2D eigenvalue weighted by Crippen LogP contribution is -2.71. The van der Waals surface area contributed by atoms with E-state index in [-0.39, 0.29) is 135 Å². The predicted octanol–water partition coefficient (Wildman–Crippen LogP) is 9.53. The van der Waals surface area contributed by atoms with Crippen LogP contribution in [-0.4, -0.2) is 171 Å². The van der Waals surface area contributed by atoms with Gasteiger partial charge in [-0.15, -0.1) is 47.0 Å². The van der Waals surface area contributed by atoms with Crippen LogP contribution in [0.3, 0.4) is 0 Å². The lowest BCUT2D eigenvalue weighted by Gasteiger charge is -2.49. The highest BCUT2D eigenvalue weighted by Crippen LogP contribution is 2.58. The number of carboxylic acids is 3. The first-order valence-corrected chi connectivity index (χ1v) is 41.5. The molecule has 10 N–H and O–H groups in total. The van der Waals surface area contributed by atoms with Crippen LogP contribution in [0, 0.1) is 0 Å². The number of halogens is 2. The minimum absolute atomic E-state index is 0.0163. The lowest BCUT2D eigenvalue weighted by molar-refractivity contribution is -0.150. The molecule has 0 saturated carbocycles. The van der Waals surface area contributed by atoms with E-state index in [0.29, 0.717) is 59.7 Å². The van der Waals surface area contributed by atoms with Crippen LogP contribution < -0.4 is 52.2 Å². The summed E-state index contributed by atoms with van der Waals surface area (Å²) in [6.07, 6.45) is 0. The number of aliphatic carboxylic acids is 2. The molecule has 2 aromatic heterocycles. The van der Waals surface area contributed by atoms with E-state index in [1.807, 2.05) is 0 Å². The van der Waals surface area contributed by atoms with Crippen LogP contribution in [0.15, 0.2) is 206 Å². The van der Waals surface area contributed by atoms with Crippen molar-refractivity contribution < 1.29 is 120 Å². The van der Waals surface area contributed by atoms with E-state index >= 15 is 0 Å². The van der Waals surface area contributed by atoms with Crippen LogP contribution in [0.2, 0.25) is 10.0 Å². The third kappa shape index (κ3) is 15.6. The van der Waals surface area contributed by atoms with Crippen molar-refractivity contribution in [3.05, 3.63) is 248 Å². The van der Waals surface area contributed by atoms with E-state index in [4.69, 9.17) is 55.4 Å².